The zero-order valence-electron chi connectivity index (χ0n) is 13.8. The number of amides is 1. The number of nitrogens with zero attached hydrogens (tertiary/aromatic N) is 3. The van der Waals surface area contributed by atoms with Gasteiger partial charge in [-0.1, -0.05) is 6.07 Å². The molecule has 0 atom stereocenters. The molecule has 2 aliphatic heterocycles. The number of pyridine rings is 1. The highest BCUT2D eigenvalue weighted by atomic mass is 16.7. The van der Waals surface area contributed by atoms with Crippen LogP contribution in [0.1, 0.15) is 21.6 Å². The van der Waals surface area contributed by atoms with Gasteiger partial charge < -0.3 is 14.4 Å². The Labute approximate surface area is 148 Å². The van der Waals surface area contributed by atoms with Gasteiger partial charge in [-0.15, -0.1) is 0 Å². The van der Waals surface area contributed by atoms with E-state index in [-0.39, 0.29) is 24.8 Å². The lowest BCUT2D eigenvalue weighted by molar-refractivity contribution is 0.0732. The van der Waals surface area contributed by atoms with Gasteiger partial charge in [-0.05, 0) is 30.3 Å². The van der Waals surface area contributed by atoms with Crippen LogP contribution in [0.15, 0.2) is 47.4 Å². The Morgan fingerprint density at radius 1 is 1.12 bits per heavy atom. The Morgan fingerprint density at radius 3 is 2.92 bits per heavy atom. The Kier molecular flexibility index (Phi) is 3.21. The summed E-state index contributed by atoms with van der Waals surface area (Å²) in [6.07, 6.45) is 2.26. The van der Waals surface area contributed by atoms with Crippen molar-refractivity contribution in [2.45, 2.75) is 13.0 Å². The molecule has 26 heavy (non-hydrogen) atoms. The van der Waals surface area contributed by atoms with Crippen LogP contribution >= 0.6 is 0 Å². The average Bonchev–Trinajstić information content (AvgIpc) is 3.15. The molecule has 0 spiro atoms. The van der Waals surface area contributed by atoms with Gasteiger partial charge in [0.2, 0.25) is 6.79 Å². The van der Waals surface area contributed by atoms with E-state index in [4.69, 9.17) is 9.47 Å². The summed E-state index contributed by atoms with van der Waals surface area (Å²) in [4.78, 5) is 31.9. The van der Waals surface area contributed by atoms with Gasteiger partial charge in [-0.25, -0.2) is 4.98 Å². The molecule has 2 aromatic heterocycles. The Bertz CT molecular complexity index is 1110. The summed E-state index contributed by atoms with van der Waals surface area (Å²) in [6.45, 7) is 0.946. The highest BCUT2D eigenvalue weighted by Crippen LogP contribution is 2.33. The van der Waals surface area contributed by atoms with E-state index in [9.17, 15) is 9.59 Å². The molecular weight excluding hydrogens is 334 g/mol. The van der Waals surface area contributed by atoms with Crippen LogP contribution < -0.4 is 15.0 Å². The van der Waals surface area contributed by atoms with Gasteiger partial charge in [0.25, 0.3) is 11.5 Å². The molecule has 0 aliphatic carbocycles. The predicted molar refractivity (Wildman–Crippen MR) is 92.5 cm³/mol. The lowest BCUT2D eigenvalue weighted by Gasteiger charge is -2.28. The lowest BCUT2D eigenvalue weighted by atomic mass is 10.1. The zero-order chi connectivity index (χ0) is 17.7. The Balaban J connectivity index is 1.49. The van der Waals surface area contributed by atoms with Crippen molar-refractivity contribution in [1.29, 1.82) is 0 Å². The lowest BCUT2D eigenvalue weighted by Crippen LogP contribution is -2.40. The third kappa shape index (κ3) is 2.24. The van der Waals surface area contributed by atoms with Gasteiger partial charge >= 0.3 is 0 Å². The molecule has 7 nitrogen and oxygen atoms in total. The molecule has 0 fully saturated rings. The number of benzene rings is 1. The summed E-state index contributed by atoms with van der Waals surface area (Å²) < 4.78 is 12.1. The van der Waals surface area contributed by atoms with Gasteiger partial charge in [0, 0.05) is 24.7 Å². The van der Waals surface area contributed by atoms with Crippen molar-refractivity contribution in [2.24, 2.45) is 0 Å². The monoisotopic (exact) mass is 349 g/mol. The van der Waals surface area contributed by atoms with Crippen LogP contribution in [-0.2, 0) is 13.0 Å². The summed E-state index contributed by atoms with van der Waals surface area (Å²) in [5.41, 5.74) is 2.39. The summed E-state index contributed by atoms with van der Waals surface area (Å²) in [5.74, 6) is 1.08. The number of fused-ring (bicyclic) bond motifs is 3. The van der Waals surface area contributed by atoms with E-state index in [0.717, 1.165) is 5.69 Å². The van der Waals surface area contributed by atoms with Crippen LogP contribution in [-0.4, -0.2) is 33.5 Å². The molecule has 1 amide bonds. The highest BCUT2D eigenvalue weighted by Gasteiger charge is 2.26. The summed E-state index contributed by atoms with van der Waals surface area (Å²) in [7, 11) is 0. The molecule has 4 heterocycles. The number of ether oxygens (including phenoxy) is 2. The van der Waals surface area contributed by atoms with E-state index >= 15 is 0 Å². The molecule has 0 saturated carbocycles. The number of aromatic nitrogens is 2. The van der Waals surface area contributed by atoms with Crippen LogP contribution in [0.5, 0.6) is 11.5 Å². The van der Waals surface area contributed by atoms with Crippen molar-refractivity contribution in [3.05, 3.63) is 69.8 Å². The molecular formula is C19H15N3O4. The van der Waals surface area contributed by atoms with E-state index in [2.05, 4.69) is 4.98 Å². The number of carbonyl (C=O) groups excluding carboxylic acids is 1. The SMILES string of the molecule is O=C(c1ccc2c(c1)OCO2)N1CCc2nc3ccccn3c(=O)c2C1. The second-order valence-electron chi connectivity index (χ2n) is 6.32. The quantitative estimate of drug-likeness (QED) is 0.668. The van der Waals surface area contributed by atoms with Crippen molar-refractivity contribution in [3.63, 3.8) is 0 Å². The minimum atomic E-state index is -0.133. The third-order valence-corrected chi connectivity index (χ3v) is 4.79. The van der Waals surface area contributed by atoms with Crippen molar-refractivity contribution in [1.82, 2.24) is 14.3 Å². The van der Waals surface area contributed by atoms with Crippen LogP contribution in [0.25, 0.3) is 5.65 Å². The normalized spacial score (nSPS) is 15.2. The maximum atomic E-state index is 12.9. The fourth-order valence-electron chi connectivity index (χ4n) is 3.43. The van der Waals surface area contributed by atoms with Gasteiger partial charge in [-0.2, -0.15) is 0 Å². The van der Waals surface area contributed by atoms with Crippen molar-refractivity contribution < 1.29 is 14.3 Å². The molecule has 3 aromatic rings. The molecule has 0 N–H and O–H groups in total. The second kappa shape index (κ2) is 5.59. The first-order chi connectivity index (χ1) is 12.7. The maximum absolute atomic E-state index is 12.9. The topological polar surface area (TPSA) is 73.1 Å². The summed E-state index contributed by atoms with van der Waals surface area (Å²) in [6, 6.07) is 10.6. The van der Waals surface area contributed by atoms with Gasteiger partial charge in [0.05, 0.1) is 17.8 Å². The minimum Gasteiger partial charge on any atom is -0.454 e. The Hall–Kier alpha value is -3.35. The first kappa shape index (κ1) is 14.9. The van der Waals surface area contributed by atoms with Crippen molar-refractivity contribution >= 4 is 11.6 Å². The second-order valence-corrected chi connectivity index (χ2v) is 6.32. The van der Waals surface area contributed by atoms with E-state index in [1.54, 1.807) is 35.4 Å². The van der Waals surface area contributed by atoms with Crippen LogP contribution in [0.2, 0.25) is 0 Å². The average molecular weight is 349 g/mol. The standard InChI is InChI=1S/C19H15N3O4/c23-18(12-4-5-15-16(9-12)26-11-25-15)21-8-6-14-13(10-21)19(24)22-7-2-1-3-17(22)20-14/h1-5,7,9H,6,8,10-11H2. The van der Waals surface area contributed by atoms with Gasteiger partial charge in [-0.3, -0.25) is 14.0 Å². The fraction of sp³-hybridized carbons (Fsp3) is 0.211. The molecule has 130 valence electrons. The zero-order valence-corrected chi connectivity index (χ0v) is 13.8. The number of carbonyl (C=O) groups is 1. The van der Waals surface area contributed by atoms with E-state index in [1.807, 2.05) is 12.1 Å². The molecule has 0 unspecified atom stereocenters. The maximum Gasteiger partial charge on any atom is 0.263 e. The van der Waals surface area contributed by atoms with E-state index in [1.165, 1.54) is 4.40 Å². The summed E-state index contributed by atoms with van der Waals surface area (Å²) in [5, 5.41) is 0. The predicted octanol–water partition coefficient (Wildman–Crippen LogP) is 1.62. The van der Waals surface area contributed by atoms with Crippen LogP contribution in [0, 0.1) is 0 Å². The van der Waals surface area contributed by atoms with Gasteiger partial charge in [0.1, 0.15) is 5.65 Å². The fourth-order valence-corrected chi connectivity index (χ4v) is 3.43. The largest absolute Gasteiger partial charge is 0.454 e. The van der Waals surface area contributed by atoms with Crippen molar-refractivity contribution in [2.75, 3.05) is 13.3 Å². The molecule has 0 saturated heterocycles. The first-order valence-corrected chi connectivity index (χ1v) is 8.39. The highest BCUT2D eigenvalue weighted by molar-refractivity contribution is 5.95. The first-order valence-electron chi connectivity index (χ1n) is 8.39. The Morgan fingerprint density at radius 2 is 2.00 bits per heavy atom. The van der Waals surface area contributed by atoms with Crippen molar-refractivity contribution in [3.8, 4) is 11.5 Å². The van der Waals surface area contributed by atoms with Crippen LogP contribution in [0.3, 0.4) is 0 Å². The third-order valence-electron chi connectivity index (χ3n) is 4.79. The van der Waals surface area contributed by atoms with E-state index in [0.29, 0.717) is 41.2 Å². The number of hydrogen-bond acceptors (Lipinski definition) is 5. The number of hydrogen-bond donors (Lipinski definition) is 0. The molecule has 1 aromatic carbocycles. The summed E-state index contributed by atoms with van der Waals surface area (Å²) >= 11 is 0. The smallest absolute Gasteiger partial charge is 0.263 e. The molecule has 0 radical (unpaired) electrons. The minimum absolute atomic E-state index is 0.117. The van der Waals surface area contributed by atoms with Crippen LogP contribution in [0.4, 0.5) is 0 Å². The van der Waals surface area contributed by atoms with Gasteiger partial charge in [0.15, 0.2) is 11.5 Å². The molecule has 7 heteroatoms. The molecule has 5 rings (SSSR count). The molecule has 0 bridgehead atoms. The number of rotatable bonds is 1. The van der Waals surface area contributed by atoms with E-state index < -0.39 is 0 Å². The molecule has 2 aliphatic rings.